The molecular formula is C14H9ClF3N. The average Bonchev–Trinajstić information content (AvgIpc) is 2.38. The van der Waals surface area contributed by atoms with Gasteiger partial charge in [-0.1, -0.05) is 41.9 Å². The molecule has 0 bridgehead atoms. The molecule has 0 aliphatic carbocycles. The van der Waals surface area contributed by atoms with Crippen molar-refractivity contribution < 1.29 is 13.2 Å². The molecule has 0 unspecified atom stereocenters. The van der Waals surface area contributed by atoms with Crippen molar-refractivity contribution in [3.05, 3.63) is 70.2 Å². The van der Waals surface area contributed by atoms with E-state index >= 15 is 0 Å². The number of nitrogens with one attached hydrogen (secondary N) is 1. The second-order valence-corrected chi connectivity index (χ2v) is 4.34. The van der Waals surface area contributed by atoms with Gasteiger partial charge in [-0.25, -0.2) is 0 Å². The molecule has 1 nitrogen and oxygen atoms in total. The van der Waals surface area contributed by atoms with Crippen molar-refractivity contribution in [2.45, 2.75) is 6.18 Å². The number of alkyl halides is 3. The molecule has 5 heteroatoms. The summed E-state index contributed by atoms with van der Waals surface area (Å²) in [6.07, 6.45) is -4.45. The van der Waals surface area contributed by atoms with Crippen molar-refractivity contribution in [2.24, 2.45) is 0 Å². The van der Waals surface area contributed by atoms with Gasteiger partial charge in [0.25, 0.3) is 0 Å². The summed E-state index contributed by atoms with van der Waals surface area (Å²) < 4.78 is 38.0. The Labute approximate surface area is 113 Å². The molecule has 2 aromatic rings. The molecular weight excluding hydrogens is 275 g/mol. The summed E-state index contributed by atoms with van der Waals surface area (Å²) in [5.74, 6) is 0. The van der Waals surface area contributed by atoms with Crippen molar-refractivity contribution in [3.8, 4) is 0 Å². The molecule has 1 N–H and O–H groups in total. The standard InChI is InChI=1S/C14H9ClF3N/c15-12-7-6-10(14(16,17)18)8-11(12)13(19)9-4-2-1-3-5-9/h1-8,19H. The van der Waals surface area contributed by atoms with Gasteiger partial charge < -0.3 is 0 Å². The highest BCUT2D eigenvalue weighted by Crippen LogP contribution is 2.32. The SMILES string of the molecule is N=C(c1ccccc1)c1cc(C(F)(F)F)ccc1Cl. The molecule has 2 rings (SSSR count). The van der Waals surface area contributed by atoms with Gasteiger partial charge in [0.1, 0.15) is 0 Å². The summed E-state index contributed by atoms with van der Waals surface area (Å²) in [5, 5.41) is 8.09. The van der Waals surface area contributed by atoms with Crippen molar-refractivity contribution in [1.82, 2.24) is 0 Å². The number of halogens is 4. The quantitative estimate of drug-likeness (QED) is 0.767. The smallest absolute Gasteiger partial charge is 0.300 e. The second kappa shape index (κ2) is 5.05. The lowest BCUT2D eigenvalue weighted by Gasteiger charge is -2.11. The molecule has 0 amide bonds. The maximum Gasteiger partial charge on any atom is 0.416 e. The van der Waals surface area contributed by atoms with E-state index in [4.69, 9.17) is 17.0 Å². The van der Waals surface area contributed by atoms with Crippen LogP contribution < -0.4 is 0 Å². The fraction of sp³-hybridized carbons (Fsp3) is 0.0714. The molecule has 0 saturated carbocycles. The van der Waals surface area contributed by atoms with Crippen LogP contribution in [0.3, 0.4) is 0 Å². The Morgan fingerprint density at radius 2 is 1.63 bits per heavy atom. The van der Waals surface area contributed by atoms with Gasteiger partial charge in [-0.2, -0.15) is 13.2 Å². The van der Waals surface area contributed by atoms with Crippen LogP contribution in [0.4, 0.5) is 13.2 Å². The van der Waals surface area contributed by atoms with Gasteiger partial charge in [-0.05, 0) is 18.2 Å². The van der Waals surface area contributed by atoms with Gasteiger partial charge in [-0.15, -0.1) is 0 Å². The number of hydrogen-bond donors (Lipinski definition) is 1. The van der Waals surface area contributed by atoms with Crippen molar-refractivity contribution in [2.75, 3.05) is 0 Å². The van der Waals surface area contributed by atoms with Crippen molar-refractivity contribution in [1.29, 1.82) is 5.41 Å². The summed E-state index contributed by atoms with van der Waals surface area (Å²) >= 11 is 5.88. The molecule has 0 fully saturated rings. The molecule has 2 aromatic carbocycles. The van der Waals surface area contributed by atoms with Crippen LogP contribution in [0.2, 0.25) is 5.02 Å². The van der Waals surface area contributed by atoms with Gasteiger partial charge >= 0.3 is 6.18 Å². The highest BCUT2D eigenvalue weighted by atomic mass is 35.5. The normalized spacial score (nSPS) is 11.4. The molecule has 98 valence electrons. The number of rotatable bonds is 2. The van der Waals surface area contributed by atoms with Crippen LogP contribution in [0.1, 0.15) is 16.7 Å². The molecule has 0 spiro atoms. The van der Waals surface area contributed by atoms with Crippen molar-refractivity contribution >= 4 is 17.3 Å². The van der Waals surface area contributed by atoms with Crippen molar-refractivity contribution in [3.63, 3.8) is 0 Å². The highest BCUT2D eigenvalue weighted by molar-refractivity contribution is 6.35. The van der Waals surface area contributed by atoms with E-state index < -0.39 is 11.7 Å². The summed E-state index contributed by atoms with van der Waals surface area (Å²) in [6.45, 7) is 0. The summed E-state index contributed by atoms with van der Waals surface area (Å²) in [7, 11) is 0. The number of hydrogen-bond acceptors (Lipinski definition) is 1. The van der Waals surface area contributed by atoms with E-state index in [0.29, 0.717) is 5.56 Å². The van der Waals surface area contributed by atoms with E-state index in [1.165, 1.54) is 0 Å². The fourth-order valence-electron chi connectivity index (χ4n) is 1.65. The lowest BCUT2D eigenvalue weighted by Crippen LogP contribution is -2.08. The molecule has 0 saturated heterocycles. The molecule has 19 heavy (non-hydrogen) atoms. The molecule has 0 radical (unpaired) electrons. The first-order chi connectivity index (χ1) is 8.89. The van der Waals surface area contributed by atoms with Crippen LogP contribution >= 0.6 is 11.6 Å². The largest absolute Gasteiger partial charge is 0.416 e. The highest BCUT2D eigenvalue weighted by Gasteiger charge is 2.31. The minimum atomic E-state index is -4.45. The third kappa shape index (κ3) is 2.96. The molecule has 0 heterocycles. The van der Waals surface area contributed by atoms with Crippen LogP contribution in [-0.2, 0) is 6.18 Å². The van der Waals surface area contributed by atoms with Crippen LogP contribution in [0.25, 0.3) is 0 Å². The molecule has 0 aromatic heterocycles. The predicted molar refractivity (Wildman–Crippen MR) is 68.8 cm³/mol. The lowest BCUT2D eigenvalue weighted by atomic mass is 10.0. The first kappa shape index (κ1) is 13.6. The topological polar surface area (TPSA) is 23.9 Å². The zero-order valence-corrected chi connectivity index (χ0v) is 10.4. The van der Waals surface area contributed by atoms with E-state index in [2.05, 4.69) is 0 Å². The van der Waals surface area contributed by atoms with E-state index in [1.807, 2.05) is 0 Å². The Bertz CT molecular complexity index is 606. The first-order valence-electron chi connectivity index (χ1n) is 5.40. The van der Waals surface area contributed by atoms with Crippen LogP contribution in [0, 0.1) is 5.41 Å². The van der Waals surface area contributed by atoms with Gasteiger partial charge in [-0.3, -0.25) is 5.41 Å². The third-order valence-corrected chi connectivity index (χ3v) is 2.96. The Hall–Kier alpha value is -1.81. The van der Waals surface area contributed by atoms with Gasteiger partial charge in [0.15, 0.2) is 0 Å². The zero-order chi connectivity index (χ0) is 14.0. The maximum absolute atomic E-state index is 12.7. The Balaban J connectivity index is 2.48. The predicted octanol–water partition coefficient (Wildman–Crippen LogP) is 4.77. The fourth-order valence-corrected chi connectivity index (χ4v) is 1.87. The van der Waals surface area contributed by atoms with Gasteiger partial charge in [0.2, 0.25) is 0 Å². The molecule has 0 atom stereocenters. The Morgan fingerprint density at radius 1 is 1.00 bits per heavy atom. The Kier molecular flexibility index (Phi) is 3.62. The summed E-state index contributed by atoms with van der Waals surface area (Å²) in [5.41, 5.74) is -0.254. The number of benzene rings is 2. The second-order valence-electron chi connectivity index (χ2n) is 3.93. The van der Waals surface area contributed by atoms with Gasteiger partial charge in [0.05, 0.1) is 11.3 Å². The summed E-state index contributed by atoms with van der Waals surface area (Å²) in [4.78, 5) is 0. The van der Waals surface area contributed by atoms with Gasteiger partial charge in [0, 0.05) is 16.1 Å². The zero-order valence-electron chi connectivity index (χ0n) is 9.63. The monoisotopic (exact) mass is 283 g/mol. The maximum atomic E-state index is 12.7. The minimum Gasteiger partial charge on any atom is -0.300 e. The van der Waals surface area contributed by atoms with E-state index in [-0.39, 0.29) is 16.3 Å². The van der Waals surface area contributed by atoms with Crippen LogP contribution in [0.15, 0.2) is 48.5 Å². The average molecular weight is 284 g/mol. The van der Waals surface area contributed by atoms with Crippen LogP contribution in [-0.4, -0.2) is 5.71 Å². The molecule has 0 aliphatic heterocycles. The van der Waals surface area contributed by atoms with E-state index in [9.17, 15) is 13.2 Å². The van der Waals surface area contributed by atoms with E-state index in [1.54, 1.807) is 30.3 Å². The van der Waals surface area contributed by atoms with E-state index in [0.717, 1.165) is 18.2 Å². The minimum absolute atomic E-state index is 0.0308. The van der Waals surface area contributed by atoms with Crippen LogP contribution in [0.5, 0.6) is 0 Å². The summed E-state index contributed by atoms with van der Waals surface area (Å²) in [6, 6.07) is 11.5. The molecule has 0 aliphatic rings. The Morgan fingerprint density at radius 3 is 2.21 bits per heavy atom. The third-order valence-electron chi connectivity index (χ3n) is 2.63. The first-order valence-corrected chi connectivity index (χ1v) is 5.78. The lowest BCUT2D eigenvalue weighted by molar-refractivity contribution is -0.137.